The summed E-state index contributed by atoms with van der Waals surface area (Å²) < 4.78 is 18.4. The molecule has 1 aromatic carbocycles. The van der Waals surface area contributed by atoms with Gasteiger partial charge in [0.2, 0.25) is 0 Å². The summed E-state index contributed by atoms with van der Waals surface area (Å²) >= 11 is 2.32. The first kappa shape index (κ1) is 20.8. The fraction of sp³-hybridized carbons (Fsp3) is 0.190. The molecule has 0 aliphatic carbocycles. The maximum atomic E-state index is 14.8. The van der Waals surface area contributed by atoms with E-state index in [1.165, 1.54) is 41.1 Å². The number of nitrogens with zero attached hydrogens (tertiary/aromatic N) is 5. The fourth-order valence-electron chi connectivity index (χ4n) is 3.52. The second-order valence-electron chi connectivity index (χ2n) is 7.40. The zero-order valence-corrected chi connectivity index (χ0v) is 18.5. The van der Waals surface area contributed by atoms with Gasteiger partial charge in [-0.05, 0) is 0 Å². The molecule has 0 fully saturated rings. The number of halogens is 1. The van der Waals surface area contributed by atoms with Crippen molar-refractivity contribution in [3.63, 3.8) is 0 Å². The molecule has 0 bridgehead atoms. The molecule has 1 aliphatic heterocycles. The summed E-state index contributed by atoms with van der Waals surface area (Å²) in [4.78, 5) is 33.6. The van der Waals surface area contributed by atoms with Crippen LogP contribution in [0.25, 0.3) is 0 Å². The van der Waals surface area contributed by atoms with Gasteiger partial charge in [0, 0.05) is 0 Å². The molecule has 1 N–H and O–H groups in total. The molecule has 8 nitrogen and oxygen atoms in total. The van der Waals surface area contributed by atoms with Gasteiger partial charge in [-0.3, -0.25) is 0 Å². The van der Waals surface area contributed by atoms with Crippen LogP contribution in [-0.2, 0) is 19.1 Å². The molecule has 0 saturated carbocycles. The molecule has 0 spiro atoms. The van der Waals surface area contributed by atoms with Crippen LogP contribution in [0.1, 0.15) is 34.2 Å². The summed E-state index contributed by atoms with van der Waals surface area (Å²) in [6.45, 7) is 1.91. The maximum absolute atomic E-state index is 14.8. The number of nitrogens with one attached hydrogen (secondary N) is 1. The van der Waals surface area contributed by atoms with Crippen molar-refractivity contribution >= 4 is 32.9 Å². The Morgan fingerprint density at radius 3 is 2.81 bits per heavy atom. The quantitative estimate of drug-likeness (QED) is 0.579. The van der Waals surface area contributed by atoms with Crippen molar-refractivity contribution < 1.29 is 9.18 Å². The number of carbonyl (C=O) groups excluding carboxylic acids is 1. The Bertz CT molecular complexity index is 1340. The van der Waals surface area contributed by atoms with E-state index in [4.69, 9.17) is 5.26 Å². The van der Waals surface area contributed by atoms with Gasteiger partial charge in [0.25, 0.3) is 0 Å². The second kappa shape index (κ2) is 7.64. The molecule has 0 saturated heterocycles. The van der Waals surface area contributed by atoms with Gasteiger partial charge in [0.1, 0.15) is 6.07 Å². The number of aromatic nitrogens is 3. The fourth-order valence-corrected chi connectivity index (χ4v) is 4.36. The van der Waals surface area contributed by atoms with Gasteiger partial charge in [-0.2, -0.15) is 5.26 Å². The molecule has 154 valence electrons. The van der Waals surface area contributed by atoms with Crippen LogP contribution in [0.2, 0.25) is 0 Å². The van der Waals surface area contributed by atoms with E-state index >= 15 is 0 Å². The summed E-state index contributed by atoms with van der Waals surface area (Å²) in [6, 6.07) is 9.08. The Balaban J connectivity index is 1.67. The van der Waals surface area contributed by atoms with Crippen molar-refractivity contribution in [1.82, 2.24) is 14.1 Å². The normalized spacial score (nSPS) is 17.5. The van der Waals surface area contributed by atoms with E-state index in [1.54, 1.807) is 24.7 Å². The molecule has 4 rings (SSSR count). The van der Waals surface area contributed by atoms with Gasteiger partial charge in [0.05, 0.1) is 0 Å². The molecule has 10 heteroatoms. The molecule has 3 aromatic rings. The number of fused-ring (bicyclic) bond motifs is 1. The predicted octanol–water partition coefficient (Wildman–Crippen LogP) is 1.69. The van der Waals surface area contributed by atoms with Crippen molar-refractivity contribution in [3.8, 4) is 6.07 Å². The SMILES string of the molecule is Cn1cc2n(c1=O)C[C@@](C)(c1cc(NC(=O)c3ccc(C#N)cn3)ccc1F)N=C2[As]. The minimum atomic E-state index is -1.04. The van der Waals surface area contributed by atoms with Crippen LogP contribution in [0, 0.1) is 17.1 Å². The molecule has 1 aliphatic rings. The zero-order chi connectivity index (χ0) is 22.3. The van der Waals surface area contributed by atoms with Crippen molar-refractivity contribution in [1.29, 1.82) is 5.26 Å². The van der Waals surface area contributed by atoms with Gasteiger partial charge in [-0.1, -0.05) is 0 Å². The van der Waals surface area contributed by atoms with Gasteiger partial charge in [-0.15, -0.1) is 0 Å². The third-order valence-corrected chi connectivity index (χ3v) is 5.81. The Kier molecular flexibility index (Phi) is 5.11. The van der Waals surface area contributed by atoms with Gasteiger partial charge in [-0.25, -0.2) is 0 Å². The van der Waals surface area contributed by atoms with E-state index in [9.17, 15) is 14.0 Å². The summed E-state index contributed by atoms with van der Waals surface area (Å²) in [6.07, 6.45) is 3.00. The first-order valence-electron chi connectivity index (χ1n) is 9.25. The van der Waals surface area contributed by atoms with Crippen LogP contribution < -0.4 is 11.0 Å². The van der Waals surface area contributed by atoms with E-state index in [0.29, 0.717) is 21.4 Å². The summed E-state index contributed by atoms with van der Waals surface area (Å²) in [5.74, 6) is -0.984. The summed E-state index contributed by atoms with van der Waals surface area (Å²) in [5, 5.41) is 11.5. The number of aryl methyl sites for hydroxylation is 1. The van der Waals surface area contributed by atoms with Crippen LogP contribution in [0.5, 0.6) is 0 Å². The standard InChI is InChI=1S/C21H16AsFN6O2/c1-21(11-29-17(18(22)27-21)10-28(2)20(29)31)14-7-13(4-5-15(14)23)26-19(30)16-6-3-12(8-24)9-25-16/h3-7,9-10H,11H2,1-2H3,(H,26,30)/t21-/m0/s1. The number of rotatable bonds is 3. The molecule has 31 heavy (non-hydrogen) atoms. The van der Waals surface area contributed by atoms with Crippen LogP contribution in [0.4, 0.5) is 10.1 Å². The molecule has 2 radical (unpaired) electrons. The molecule has 2 aromatic heterocycles. The van der Waals surface area contributed by atoms with E-state index < -0.39 is 17.3 Å². The number of hydrogen-bond acceptors (Lipinski definition) is 5. The molecule has 3 heterocycles. The topological polar surface area (TPSA) is 105 Å². The van der Waals surface area contributed by atoms with Crippen molar-refractivity contribution in [2.24, 2.45) is 12.0 Å². The third kappa shape index (κ3) is 3.71. The Labute approximate surface area is 185 Å². The van der Waals surface area contributed by atoms with Crippen LogP contribution in [0.3, 0.4) is 0 Å². The number of hydrogen-bond donors (Lipinski definition) is 1. The second-order valence-corrected chi connectivity index (χ2v) is 8.28. The molecular weight excluding hydrogens is 462 g/mol. The number of nitriles is 1. The average Bonchev–Trinajstić information content (AvgIpc) is 3.03. The first-order valence-corrected chi connectivity index (χ1v) is 10.2. The Morgan fingerprint density at radius 2 is 2.13 bits per heavy atom. The van der Waals surface area contributed by atoms with Crippen molar-refractivity contribution in [3.05, 3.63) is 81.5 Å². The number of anilines is 1. The van der Waals surface area contributed by atoms with Gasteiger partial charge >= 0.3 is 174 Å². The van der Waals surface area contributed by atoms with E-state index in [1.807, 2.05) is 6.07 Å². The van der Waals surface area contributed by atoms with Crippen molar-refractivity contribution in [2.75, 3.05) is 5.32 Å². The molecular formula is C21H16AsFN6O2. The van der Waals surface area contributed by atoms with Crippen LogP contribution in [-0.4, -0.2) is 41.4 Å². The van der Waals surface area contributed by atoms with Crippen LogP contribution >= 0.6 is 0 Å². The average molecular weight is 478 g/mol. The summed E-state index contributed by atoms with van der Waals surface area (Å²) in [5.41, 5.74) is 0.495. The number of imidazole rings is 1. The van der Waals surface area contributed by atoms with Gasteiger partial charge < -0.3 is 0 Å². The number of pyridine rings is 1. The van der Waals surface area contributed by atoms with E-state index in [2.05, 4.69) is 32.1 Å². The monoisotopic (exact) mass is 478 g/mol. The zero-order valence-electron chi connectivity index (χ0n) is 16.6. The number of carbonyl (C=O) groups is 1. The molecule has 0 unspecified atom stereocenters. The Hall–Kier alpha value is -3.50. The Morgan fingerprint density at radius 1 is 1.35 bits per heavy atom. The number of amides is 1. The molecule has 1 amide bonds. The number of benzene rings is 1. The van der Waals surface area contributed by atoms with Gasteiger partial charge in [0.15, 0.2) is 0 Å². The van der Waals surface area contributed by atoms with E-state index in [0.717, 1.165) is 0 Å². The summed E-state index contributed by atoms with van der Waals surface area (Å²) in [7, 11) is 1.65. The predicted molar refractivity (Wildman–Crippen MR) is 113 cm³/mol. The third-order valence-electron chi connectivity index (χ3n) is 5.12. The minimum absolute atomic E-state index is 0.125. The van der Waals surface area contributed by atoms with Crippen LogP contribution in [0.15, 0.2) is 52.5 Å². The first-order chi connectivity index (χ1) is 14.7. The number of aliphatic imine (C=N–C) groups is 1. The molecule has 1 atom stereocenters. The van der Waals surface area contributed by atoms with E-state index in [-0.39, 0.29) is 23.5 Å². The van der Waals surface area contributed by atoms with Crippen molar-refractivity contribution in [2.45, 2.75) is 19.0 Å².